The molecule has 1 saturated carbocycles. The average Bonchev–Trinajstić information content (AvgIpc) is 2.70. The summed E-state index contributed by atoms with van der Waals surface area (Å²) in [7, 11) is 3.51. The summed E-state index contributed by atoms with van der Waals surface area (Å²) in [5, 5.41) is 4.20. The van der Waals surface area contributed by atoms with Gasteiger partial charge < -0.3 is 10.2 Å². The average molecular weight is 295 g/mol. The van der Waals surface area contributed by atoms with Gasteiger partial charge in [-0.3, -0.25) is 4.79 Å². The van der Waals surface area contributed by atoms with Crippen molar-refractivity contribution < 1.29 is 4.79 Å². The Morgan fingerprint density at radius 2 is 2.10 bits per heavy atom. The molecule has 1 unspecified atom stereocenters. The number of nitrogens with one attached hydrogen (secondary N) is 1. The molecule has 20 heavy (non-hydrogen) atoms. The summed E-state index contributed by atoms with van der Waals surface area (Å²) in [5.41, 5.74) is 1.79. The van der Waals surface area contributed by atoms with Crippen LogP contribution < -0.4 is 5.32 Å². The van der Waals surface area contributed by atoms with Crippen LogP contribution in [0, 0.1) is 5.41 Å². The van der Waals surface area contributed by atoms with Gasteiger partial charge in [0.1, 0.15) is 0 Å². The van der Waals surface area contributed by atoms with Crippen LogP contribution in [0.3, 0.4) is 0 Å². The molecule has 1 fully saturated rings. The van der Waals surface area contributed by atoms with Crippen LogP contribution in [0.2, 0.25) is 5.02 Å². The monoisotopic (exact) mass is 294 g/mol. The summed E-state index contributed by atoms with van der Waals surface area (Å²) in [6.45, 7) is 4.56. The van der Waals surface area contributed by atoms with Crippen molar-refractivity contribution in [3.05, 3.63) is 28.8 Å². The van der Waals surface area contributed by atoms with Crippen molar-refractivity contribution in [2.45, 2.75) is 39.2 Å². The molecule has 0 spiro atoms. The molecule has 1 aliphatic carbocycles. The number of hydrogen-bond donors (Lipinski definition) is 1. The molecule has 0 saturated heterocycles. The van der Waals surface area contributed by atoms with Gasteiger partial charge in [-0.15, -0.1) is 0 Å². The van der Waals surface area contributed by atoms with Crippen molar-refractivity contribution in [1.29, 1.82) is 0 Å². The zero-order valence-corrected chi connectivity index (χ0v) is 13.4. The topological polar surface area (TPSA) is 32.3 Å². The van der Waals surface area contributed by atoms with E-state index < -0.39 is 0 Å². The Kier molecular flexibility index (Phi) is 4.28. The van der Waals surface area contributed by atoms with Crippen LogP contribution >= 0.6 is 11.6 Å². The zero-order valence-electron chi connectivity index (χ0n) is 12.7. The second-order valence-corrected chi connectivity index (χ2v) is 6.88. The van der Waals surface area contributed by atoms with Crippen molar-refractivity contribution in [1.82, 2.24) is 4.90 Å². The maximum atomic E-state index is 12.0. The van der Waals surface area contributed by atoms with E-state index in [0.29, 0.717) is 16.6 Å². The molecular formula is C16H23ClN2O. The molecule has 110 valence electrons. The van der Waals surface area contributed by atoms with Gasteiger partial charge in [-0.05, 0) is 36.5 Å². The summed E-state index contributed by atoms with van der Waals surface area (Å²) in [6, 6.07) is 5.83. The number of halogens is 1. The van der Waals surface area contributed by atoms with Crippen molar-refractivity contribution in [2.75, 3.05) is 19.4 Å². The first-order valence-corrected chi connectivity index (χ1v) is 7.47. The number of rotatable bonds is 3. The van der Waals surface area contributed by atoms with Gasteiger partial charge in [0.25, 0.3) is 5.91 Å². The van der Waals surface area contributed by atoms with E-state index >= 15 is 0 Å². The first-order chi connectivity index (χ1) is 9.31. The van der Waals surface area contributed by atoms with Gasteiger partial charge in [0, 0.05) is 25.7 Å². The Morgan fingerprint density at radius 3 is 2.65 bits per heavy atom. The lowest BCUT2D eigenvalue weighted by atomic mass is 9.87. The normalized spacial score (nSPS) is 20.8. The molecule has 1 aliphatic rings. The Hall–Kier alpha value is -1.22. The molecule has 1 aromatic carbocycles. The van der Waals surface area contributed by atoms with E-state index in [1.807, 2.05) is 6.07 Å². The summed E-state index contributed by atoms with van der Waals surface area (Å²) in [5.74, 6) is -0.00426. The van der Waals surface area contributed by atoms with Crippen molar-refractivity contribution in [2.24, 2.45) is 5.41 Å². The third-order valence-electron chi connectivity index (χ3n) is 4.21. The number of benzene rings is 1. The summed E-state index contributed by atoms with van der Waals surface area (Å²) in [6.07, 6.45) is 3.60. The largest absolute Gasteiger partial charge is 0.381 e. The third-order valence-corrected chi connectivity index (χ3v) is 4.54. The molecule has 0 aromatic heterocycles. The Morgan fingerprint density at radius 1 is 1.40 bits per heavy atom. The Bertz CT molecular complexity index is 511. The zero-order chi connectivity index (χ0) is 14.9. The van der Waals surface area contributed by atoms with Crippen LogP contribution in [0.4, 0.5) is 5.69 Å². The van der Waals surface area contributed by atoms with E-state index in [0.717, 1.165) is 12.1 Å². The third kappa shape index (κ3) is 3.09. The van der Waals surface area contributed by atoms with E-state index in [-0.39, 0.29) is 11.3 Å². The summed E-state index contributed by atoms with van der Waals surface area (Å²) >= 11 is 6.26. The summed E-state index contributed by atoms with van der Waals surface area (Å²) in [4.78, 5) is 13.6. The van der Waals surface area contributed by atoms with Crippen molar-refractivity contribution in [3.63, 3.8) is 0 Å². The van der Waals surface area contributed by atoms with Gasteiger partial charge in [-0.25, -0.2) is 0 Å². The smallest absolute Gasteiger partial charge is 0.253 e. The van der Waals surface area contributed by atoms with Gasteiger partial charge >= 0.3 is 0 Å². The standard InChI is InChI=1S/C16H23ClN2O/c1-16(2)9-5-6-14(16)18-13-10-11(7-8-12(13)17)15(20)19(3)4/h7-8,10,14,18H,5-6,9H2,1-4H3. The Labute approximate surface area is 126 Å². The number of amides is 1. The van der Waals surface area contributed by atoms with Crippen LogP contribution in [-0.2, 0) is 0 Å². The molecular weight excluding hydrogens is 272 g/mol. The van der Waals surface area contributed by atoms with Crippen LogP contribution in [0.15, 0.2) is 18.2 Å². The minimum absolute atomic E-state index is 0.00426. The molecule has 0 bridgehead atoms. The molecule has 4 heteroatoms. The highest BCUT2D eigenvalue weighted by atomic mass is 35.5. The predicted octanol–water partition coefficient (Wildman–Crippen LogP) is 4.03. The van der Waals surface area contributed by atoms with Gasteiger partial charge in [-0.2, -0.15) is 0 Å². The SMILES string of the molecule is CN(C)C(=O)c1ccc(Cl)c(NC2CCCC2(C)C)c1. The molecule has 2 rings (SSSR count). The van der Waals surface area contributed by atoms with Crippen LogP contribution in [-0.4, -0.2) is 30.9 Å². The number of nitrogens with zero attached hydrogens (tertiary/aromatic N) is 1. The fourth-order valence-corrected chi connectivity index (χ4v) is 2.98. The highest BCUT2D eigenvalue weighted by molar-refractivity contribution is 6.33. The molecule has 0 heterocycles. The fourth-order valence-electron chi connectivity index (χ4n) is 2.81. The lowest BCUT2D eigenvalue weighted by molar-refractivity contribution is 0.0827. The predicted molar refractivity (Wildman–Crippen MR) is 84.5 cm³/mol. The van der Waals surface area contributed by atoms with Crippen molar-refractivity contribution in [3.8, 4) is 0 Å². The fraction of sp³-hybridized carbons (Fsp3) is 0.562. The van der Waals surface area contributed by atoms with Gasteiger partial charge in [0.2, 0.25) is 0 Å². The molecule has 3 nitrogen and oxygen atoms in total. The molecule has 0 aliphatic heterocycles. The molecule has 1 N–H and O–H groups in total. The van der Waals surface area contributed by atoms with Crippen LogP contribution in [0.25, 0.3) is 0 Å². The number of anilines is 1. The summed E-state index contributed by atoms with van der Waals surface area (Å²) < 4.78 is 0. The lowest BCUT2D eigenvalue weighted by Gasteiger charge is -2.29. The molecule has 1 aromatic rings. The van der Waals surface area contributed by atoms with Gasteiger partial charge in [0.05, 0.1) is 10.7 Å². The van der Waals surface area contributed by atoms with Crippen LogP contribution in [0.1, 0.15) is 43.5 Å². The van der Waals surface area contributed by atoms with E-state index in [2.05, 4.69) is 19.2 Å². The Balaban J connectivity index is 2.23. The molecule has 0 radical (unpaired) electrons. The van der Waals surface area contributed by atoms with Gasteiger partial charge in [-0.1, -0.05) is 31.9 Å². The minimum Gasteiger partial charge on any atom is -0.381 e. The quantitative estimate of drug-likeness (QED) is 0.913. The second-order valence-electron chi connectivity index (χ2n) is 6.47. The molecule has 1 amide bonds. The lowest BCUT2D eigenvalue weighted by Crippen LogP contribution is -2.31. The van der Waals surface area contributed by atoms with Crippen molar-refractivity contribution >= 4 is 23.2 Å². The van der Waals surface area contributed by atoms with E-state index in [1.54, 1.807) is 31.1 Å². The highest BCUT2D eigenvalue weighted by Gasteiger charge is 2.34. The van der Waals surface area contributed by atoms with E-state index in [9.17, 15) is 4.79 Å². The minimum atomic E-state index is -0.00426. The van der Waals surface area contributed by atoms with E-state index in [1.165, 1.54) is 12.8 Å². The molecule has 1 atom stereocenters. The maximum absolute atomic E-state index is 12.0. The second kappa shape index (κ2) is 5.65. The number of carbonyl (C=O) groups is 1. The van der Waals surface area contributed by atoms with Crippen LogP contribution in [0.5, 0.6) is 0 Å². The highest BCUT2D eigenvalue weighted by Crippen LogP contribution is 2.40. The maximum Gasteiger partial charge on any atom is 0.253 e. The number of carbonyl (C=O) groups excluding carboxylic acids is 1. The number of hydrogen-bond acceptors (Lipinski definition) is 2. The van der Waals surface area contributed by atoms with Gasteiger partial charge in [0.15, 0.2) is 0 Å². The van der Waals surface area contributed by atoms with E-state index in [4.69, 9.17) is 11.6 Å². The first-order valence-electron chi connectivity index (χ1n) is 7.09. The first kappa shape index (κ1) is 15.2.